The van der Waals surface area contributed by atoms with Gasteiger partial charge >= 0.3 is 0 Å². The second-order valence-electron chi connectivity index (χ2n) is 5.44. The Morgan fingerprint density at radius 3 is 2.38 bits per heavy atom. The quantitative estimate of drug-likeness (QED) is 0.735. The van der Waals surface area contributed by atoms with E-state index in [2.05, 4.69) is 10.6 Å². The van der Waals surface area contributed by atoms with Crippen LogP contribution in [0, 0.1) is 5.92 Å². The Labute approximate surface area is 125 Å². The molecule has 0 heterocycles. The van der Waals surface area contributed by atoms with Gasteiger partial charge in [-0.25, -0.2) is 0 Å². The van der Waals surface area contributed by atoms with Crippen LogP contribution in [0.1, 0.15) is 41.6 Å². The third-order valence-electron chi connectivity index (χ3n) is 3.84. The highest BCUT2D eigenvalue weighted by Gasteiger charge is 2.22. The topological polar surface area (TPSA) is 84.2 Å². The summed E-state index contributed by atoms with van der Waals surface area (Å²) in [5, 5.41) is 5.69. The minimum absolute atomic E-state index is 0.123. The first-order valence-corrected chi connectivity index (χ1v) is 7.55. The average molecular weight is 289 g/mol. The zero-order chi connectivity index (χ0) is 15.1. The SMILES string of the molecule is NCCNC(=O)c1ccc(CNC(=O)C2CCCC2)cc1. The third kappa shape index (κ3) is 4.56. The van der Waals surface area contributed by atoms with Crippen molar-refractivity contribution in [1.29, 1.82) is 0 Å². The molecule has 0 radical (unpaired) electrons. The number of nitrogens with two attached hydrogens (primary N) is 1. The second-order valence-corrected chi connectivity index (χ2v) is 5.44. The molecule has 1 fully saturated rings. The molecule has 1 aliphatic carbocycles. The number of hydrogen-bond acceptors (Lipinski definition) is 3. The fraction of sp³-hybridized carbons (Fsp3) is 0.500. The van der Waals surface area contributed by atoms with Gasteiger partial charge in [0.1, 0.15) is 0 Å². The summed E-state index contributed by atoms with van der Waals surface area (Å²) in [6, 6.07) is 7.27. The van der Waals surface area contributed by atoms with E-state index in [9.17, 15) is 9.59 Å². The van der Waals surface area contributed by atoms with E-state index in [4.69, 9.17) is 5.73 Å². The number of nitrogens with one attached hydrogen (secondary N) is 2. The van der Waals surface area contributed by atoms with E-state index in [0.29, 0.717) is 25.2 Å². The molecule has 1 saturated carbocycles. The monoisotopic (exact) mass is 289 g/mol. The van der Waals surface area contributed by atoms with Gasteiger partial charge in [0.15, 0.2) is 0 Å². The van der Waals surface area contributed by atoms with Crippen LogP contribution in [0.3, 0.4) is 0 Å². The van der Waals surface area contributed by atoms with Crippen molar-refractivity contribution < 1.29 is 9.59 Å². The summed E-state index contributed by atoms with van der Waals surface area (Å²) in [5.41, 5.74) is 6.95. The number of hydrogen-bond donors (Lipinski definition) is 3. The van der Waals surface area contributed by atoms with Crippen LogP contribution >= 0.6 is 0 Å². The molecule has 21 heavy (non-hydrogen) atoms. The summed E-state index contributed by atoms with van der Waals surface area (Å²) in [5.74, 6) is 0.213. The predicted octanol–water partition coefficient (Wildman–Crippen LogP) is 1.18. The Balaban J connectivity index is 1.81. The third-order valence-corrected chi connectivity index (χ3v) is 3.84. The first-order chi connectivity index (χ1) is 10.2. The van der Waals surface area contributed by atoms with Gasteiger partial charge in [0.05, 0.1) is 0 Å². The Morgan fingerprint density at radius 2 is 1.76 bits per heavy atom. The predicted molar refractivity (Wildman–Crippen MR) is 81.6 cm³/mol. The van der Waals surface area contributed by atoms with E-state index < -0.39 is 0 Å². The standard InChI is InChI=1S/C16H23N3O2/c17-9-10-18-15(20)14-7-5-12(6-8-14)11-19-16(21)13-3-1-2-4-13/h5-8,13H,1-4,9-11,17H2,(H,18,20)(H,19,21). The zero-order valence-electron chi connectivity index (χ0n) is 12.2. The maximum absolute atomic E-state index is 11.9. The molecule has 1 aromatic rings. The summed E-state index contributed by atoms with van der Waals surface area (Å²) in [6.45, 7) is 1.41. The van der Waals surface area contributed by atoms with Gasteiger partial charge < -0.3 is 16.4 Å². The van der Waals surface area contributed by atoms with Crippen molar-refractivity contribution in [3.8, 4) is 0 Å². The van der Waals surface area contributed by atoms with Gasteiger partial charge in [-0.1, -0.05) is 25.0 Å². The maximum atomic E-state index is 11.9. The fourth-order valence-electron chi connectivity index (χ4n) is 2.58. The van der Waals surface area contributed by atoms with Crippen molar-refractivity contribution >= 4 is 11.8 Å². The highest BCUT2D eigenvalue weighted by Crippen LogP contribution is 2.24. The van der Waals surface area contributed by atoms with Crippen LogP contribution in [0.2, 0.25) is 0 Å². The molecule has 0 spiro atoms. The lowest BCUT2D eigenvalue weighted by molar-refractivity contribution is -0.124. The van der Waals surface area contributed by atoms with E-state index in [0.717, 1.165) is 31.2 Å². The minimum Gasteiger partial charge on any atom is -0.352 e. The molecule has 1 aromatic carbocycles. The lowest BCUT2D eigenvalue weighted by Gasteiger charge is -2.10. The molecular formula is C16H23N3O2. The van der Waals surface area contributed by atoms with Gasteiger partial charge in [-0.3, -0.25) is 9.59 Å². The Kier molecular flexibility index (Phi) is 5.75. The minimum atomic E-state index is -0.123. The molecule has 0 bridgehead atoms. The maximum Gasteiger partial charge on any atom is 0.251 e. The first-order valence-electron chi connectivity index (χ1n) is 7.55. The second kappa shape index (κ2) is 7.78. The number of amides is 2. The average Bonchev–Trinajstić information content (AvgIpc) is 3.05. The van der Waals surface area contributed by atoms with Crippen molar-refractivity contribution in [3.05, 3.63) is 35.4 Å². The zero-order valence-corrected chi connectivity index (χ0v) is 12.2. The highest BCUT2D eigenvalue weighted by molar-refractivity contribution is 5.94. The largest absolute Gasteiger partial charge is 0.352 e. The number of benzene rings is 1. The van der Waals surface area contributed by atoms with E-state index >= 15 is 0 Å². The van der Waals surface area contributed by atoms with Gasteiger partial charge in [0.25, 0.3) is 5.91 Å². The summed E-state index contributed by atoms with van der Waals surface area (Å²) < 4.78 is 0. The van der Waals surface area contributed by atoms with E-state index in [1.807, 2.05) is 12.1 Å². The van der Waals surface area contributed by atoms with Crippen LogP contribution in [-0.2, 0) is 11.3 Å². The summed E-state index contributed by atoms with van der Waals surface area (Å²) in [6.07, 6.45) is 4.33. The molecule has 114 valence electrons. The summed E-state index contributed by atoms with van der Waals surface area (Å²) in [4.78, 5) is 23.6. The molecule has 5 heteroatoms. The highest BCUT2D eigenvalue weighted by atomic mass is 16.2. The Bertz CT molecular complexity index is 479. The van der Waals surface area contributed by atoms with E-state index in [-0.39, 0.29) is 17.7 Å². The molecule has 0 aromatic heterocycles. The van der Waals surface area contributed by atoms with Crippen LogP contribution < -0.4 is 16.4 Å². The molecule has 2 rings (SSSR count). The first kappa shape index (κ1) is 15.5. The van der Waals surface area contributed by atoms with Gasteiger partial charge in [0.2, 0.25) is 5.91 Å². The van der Waals surface area contributed by atoms with Gasteiger partial charge in [-0.15, -0.1) is 0 Å². The Morgan fingerprint density at radius 1 is 1.10 bits per heavy atom. The Hall–Kier alpha value is -1.88. The van der Waals surface area contributed by atoms with E-state index in [1.165, 1.54) is 0 Å². The normalized spacial score (nSPS) is 14.9. The van der Waals surface area contributed by atoms with Crippen molar-refractivity contribution in [2.45, 2.75) is 32.2 Å². The van der Waals surface area contributed by atoms with Crippen LogP contribution in [0.4, 0.5) is 0 Å². The molecule has 0 atom stereocenters. The van der Waals surface area contributed by atoms with Crippen molar-refractivity contribution in [1.82, 2.24) is 10.6 Å². The number of carbonyl (C=O) groups is 2. The smallest absolute Gasteiger partial charge is 0.251 e. The molecule has 4 N–H and O–H groups in total. The lowest BCUT2D eigenvalue weighted by atomic mass is 10.1. The number of rotatable bonds is 6. The molecule has 5 nitrogen and oxygen atoms in total. The van der Waals surface area contributed by atoms with Gasteiger partial charge in [-0.05, 0) is 30.5 Å². The van der Waals surface area contributed by atoms with Crippen LogP contribution in [-0.4, -0.2) is 24.9 Å². The van der Waals surface area contributed by atoms with Crippen molar-refractivity contribution in [3.63, 3.8) is 0 Å². The fourth-order valence-corrected chi connectivity index (χ4v) is 2.58. The molecule has 0 unspecified atom stereocenters. The van der Waals surface area contributed by atoms with Crippen LogP contribution in [0.5, 0.6) is 0 Å². The molecule has 1 aliphatic rings. The molecule has 0 saturated heterocycles. The van der Waals surface area contributed by atoms with E-state index in [1.54, 1.807) is 12.1 Å². The summed E-state index contributed by atoms with van der Waals surface area (Å²) in [7, 11) is 0. The van der Waals surface area contributed by atoms with Crippen LogP contribution in [0.15, 0.2) is 24.3 Å². The van der Waals surface area contributed by atoms with Crippen molar-refractivity contribution in [2.24, 2.45) is 11.7 Å². The summed E-state index contributed by atoms with van der Waals surface area (Å²) >= 11 is 0. The van der Waals surface area contributed by atoms with Gasteiger partial charge in [-0.2, -0.15) is 0 Å². The van der Waals surface area contributed by atoms with Crippen LogP contribution in [0.25, 0.3) is 0 Å². The lowest BCUT2D eigenvalue weighted by Crippen LogP contribution is -2.29. The molecule has 0 aliphatic heterocycles. The number of carbonyl (C=O) groups excluding carboxylic acids is 2. The molecular weight excluding hydrogens is 266 g/mol. The van der Waals surface area contributed by atoms with Crippen molar-refractivity contribution in [2.75, 3.05) is 13.1 Å². The van der Waals surface area contributed by atoms with Gasteiger partial charge in [0, 0.05) is 31.1 Å². The molecule has 2 amide bonds.